The Labute approximate surface area is 131 Å². The van der Waals surface area contributed by atoms with E-state index >= 15 is 0 Å². The van der Waals surface area contributed by atoms with Crippen LogP contribution < -0.4 is 0 Å². The number of pyridine rings is 1. The van der Waals surface area contributed by atoms with Gasteiger partial charge in [-0.3, -0.25) is 15.1 Å². The SMILES string of the molecule is CCc1ccncc1-c1nc(-c2ccccc2[N+](=O)[O-])cs1. The second kappa shape index (κ2) is 6.03. The highest BCUT2D eigenvalue weighted by atomic mass is 32.1. The molecule has 0 aliphatic carbocycles. The molecular weight excluding hydrogens is 298 g/mol. The van der Waals surface area contributed by atoms with Gasteiger partial charge in [0.15, 0.2) is 0 Å². The lowest BCUT2D eigenvalue weighted by Crippen LogP contribution is -1.92. The van der Waals surface area contributed by atoms with Gasteiger partial charge in [0.25, 0.3) is 5.69 Å². The molecule has 0 saturated carbocycles. The van der Waals surface area contributed by atoms with Gasteiger partial charge in [0.2, 0.25) is 0 Å². The van der Waals surface area contributed by atoms with Crippen LogP contribution in [0.4, 0.5) is 5.69 Å². The van der Waals surface area contributed by atoms with Crippen LogP contribution >= 0.6 is 11.3 Å². The summed E-state index contributed by atoms with van der Waals surface area (Å²) in [6.45, 7) is 2.08. The molecule has 0 aliphatic heterocycles. The Hall–Kier alpha value is -2.60. The third kappa shape index (κ3) is 2.60. The van der Waals surface area contributed by atoms with Gasteiger partial charge in [-0.2, -0.15) is 0 Å². The minimum Gasteiger partial charge on any atom is -0.264 e. The summed E-state index contributed by atoms with van der Waals surface area (Å²) in [5, 5.41) is 13.8. The molecule has 3 aromatic rings. The van der Waals surface area contributed by atoms with Crippen molar-refractivity contribution in [3.8, 4) is 21.8 Å². The molecule has 0 radical (unpaired) electrons. The smallest absolute Gasteiger partial charge is 0.264 e. The van der Waals surface area contributed by atoms with E-state index in [1.165, 1.54) is 23.0 Å². The molecule has 0 fully saturated rings. The molecule has 0 bridgehead atoms. The largest absolute Gasteiger partial charge is 0.278 e. The average molecular weight is 311 g/mol. The summed E-state index contributed by atoms with van der Waals surface area (Å²) < 4.78 is 0. The molecule has 0 unspecified atom stereocenters. The second-order valence-electron chi connectivity index (χ2n) is 4.70. The van der Waals surface area contributed by atoms with Crippen LogP contribution in [0.3, 0.4) is 0 Å². The molecule has 0 N–H and O–H groups in total. The third-order valence-corrected chi connectivity index (χ3v) is 4.28. The van der Waals surface area contributed by atoms with E-state index in [0.717, 1.165) is 17.0 Å². The molecule has 2 heterocycles. The first-order chi connectivity index (χ1) is 10.7. The van der Waals surface area contributed by atoms with E-state index in [0.29, 0.717) is 11.3 Å². The molecule has 3 rings (SSSR count). The molecule has 6 heteroatoms. The van der Waals surface area contributed by atoms with Gasteiger partial charge in [-0.25, -0.2) is 4.98 Å². The van der Waals surface area contributed by atoms with Gasteiger partial charge in [0.1, 0.15) is 5.01 Å². The summed E-state index contributed by atoms with van der Waals surface area (Å²) in [6.07, 6.45) is 4.44. The lowest BCUT2D eigenvalue weighted by molar-refractivity contribution is -0.384. The zero-order chi connectivity index (χ0) is 15.5. The Morgan fingerprint density at radius 1 is 1.23 bits per heavy atom. The molecule has 110 valence electrons. The zero-order valence-corrected chi connectivity index (χ0v) is 12.7. The van der Waals surface area contributed by atoms with E-state index in [2.05, 4.69) is 16.9 Å². The van der Waals surface area contributed by atoms with Crippen molar-refractivity contribution in [3.63, 3.8) is 0 Å². The standard InChI is InChI=1S/C16H13N3O2S/c1-2-11-7-8-17-9-13(11)16-18-14(10-22-16)12-5-3-4-6-15(12)19(20)21/h3-10H,2H2,1H3. The summed E-state index contributed by atoms with van der Waals surface area (Å²) in [6, 6.07) is 8.63. The third-order valence-electron chi connectivity index (χ3n) is 3.40. The Morgan fingerprint density at radius 3 is 2.82 bits per heavy atom. The molecule has 0 atom stereocenters. The van der Waals surface area contributed by atoms with E-state index in [1.54, 1.807) is 30.6 Å². The Morgan fingerprint density at radius 2 is 2.05 bits per heavy atom. The van der Waals surface area contributed by atoms with Crippen LogP contribution in [0.1, 0.15) is 12.5 Å². The first-order valence-corrected chi connectivity index (χ1v) is 7.71. The van der Waals surface area contributed by atoms with Crippen molar-refractivity contribution in [2.45, 2.75) is 13.3 Å². The number of hydrogen-bond acceptors (Lipinski definition) is 5. The first-order valence-electron chi connectivity index (χ1n) is 6.83. The maximum absolute atomic E-state index is 11.1. The molecular formula is C16H13N3O2S. The molecule has 1 aromatic carbocycles. The molecule has 0 saturated heterocycles. The fourth-order valence-corrected chi connectivity index (χ4v) is 3.16. The highest BCUT2D eigenvalue weighted by molar-refractivity contribution is 7.13. The maximum Gasteiger partial charge on any atom is 0.278 e. The number of aromatic nitrogens is 2. The lowest BCUT2D eigenvalue weighted by atomic mass is 10.1. The summed E-state index contributed by atoms with van der Waals surface area (Å²) in [7, 11) is 0. The number of hydrogen-bond donors (Lipinski definition) is 0. The summed E-state index contributed by atoms with van der Waals surface area (Å²) in [4.78, 5) is 19.5. The number of para-hydroxylation sites is 1. The van der Waals surface area contributed by atoms with Crippen LogP contribution in [0.5, 0.6) is 0 Å². The van der Waals surface area contributed by atoms with Gasteiger partial charge < -0.3 is 0 Å². The number of nitrogens with zero attached hydrogens (tertiary/aromatic N) is 3. The van der Waals surface area contributed by atoms with E-state index in [9.17, 15) is 10.1 Å². The normalized spacial score (nSPS) is 10.6. The van der Waals surface area contributed by atoms with E-state index in [1.807, 2.05) is 11.4 Å². The number of benzene rings is 1. The molecule has 2 aromatic heterocycles. The molecule has 0 spiro atoms. The molecule has 5 nitrogen and oxygen atoms in total. The highest BCUT2D eigenvalue weighted by Crippen LogP contribution is 2.34. The van der Waals surface area contributed by atoms with Crippen molar-refractivity contribution < 1.29 is 4.92 Å². The highest BCUT2D eigenvalue weighted by Gasteiger charge is 2.17. The van der Waals surface area contributed by atoms with Gasteiger partial charge in [-0.15, -0.1) is 11.3 Å². The molecule has 22 heavy (non-hydrogen) atoms. The van der Waals surface area contributed by atoms with E-state index in [4.69, 9.17) is 0 Å². The van der Waals surface area contributed by atoms with Crippen LogP contribution in [0.2, 0.25) is 0 Å². The fourth-order valence-electron chi connectivity index (χ4n) is 2.29. The van der Waals surface area contributed by atoms with Crippen LogP contribution in [0.25, 0.3) is 21.8 Å². The van der Waals surface area contributed by atoms with Gasteiger partial charge in [-0.05, 0) is 24.1 Å². The number of nitro benzene ring substituents is 1. The predicted molar refractivity (Wildman–Crippen MR) is 86.8 cm³/mol. The predicted octanol–water partition coefficient (Wildman–Crippen LogP) is 4.34. The summed E-state index contributed by atoms with van der Waals surface area (Å²) in [5.74, 6) is 0. The average Bonchev–Trinajstić information content (AvgIpc) is 3.04. The maximum atomic E-state index is 11.1. The van der Waals surface area contributed by atoms with Crippen LogP contribution in [0, 0.1) is 10.1 Å². The van der Waals surface area contributed by atoms with Gasteiger partial charge in [0.05, 0.1) is 16.2 Å². The van der Waals surface area contributed by atoms with Crippen molar-refractivity contribution in [1.82, 2.24) is 9.97 Å². The molecule has 0 aliphatic rings. The van der Waals surface area contributed by atoms with Crippen molar-refractivity contribution in [2.24, 2.45) is 0 Å². The number of rotatable bonds is 4. The minimum atomic E-state index is -0.379. The van der Waals surface area contributed by atoms with Crippen molar-refractivity contribution in [1.29, 1.82) is 0 Å². The monoisotopic (exact) mass is 311 g/mol. The summed E-state index contributed by atoms with van der Waals surface area (Å²) >= 11 is 1.47. The Bertz CT molecular complexity index is 830. The summed E-state index contributed by atoms with van der Waals surface area (Å²) in [5.41, 5.74) is 3.38. The van der Waals surface area contributed by atoms with E-state index < -0.39 is 0 Å². The van der Waals surface area contributed by atoms with Crippen molar-refractivity contribution in [3.05, 3.63) is 63.8 Å². The van der Waals surface area contributed by atoms with Crippen molar-refractivity contribution >= 4 is 17.0 Å². The lowest BCUT2D eigenvalue weighted by Gasteiger charge is -2.03. The topological polar surface area (TPSA) is 68.9 Å². The van der Waals surface area contributed by atoms with E-state index in [-0.39, 0.29) is 10.6 Å². The van der Waals surface area contributed by atoms with Gasteiger partial charge in [0, 0.05) is 29.4 Å². The van der Waals surface area contributed by atoms with Crippen LogP contribution in [-0.2, 0) is 6.42 Å². The number of thiazole rings is 1. The van der Waals surface area contributed by atoms with Gasteiger partial charge >= 0.3 is 0 Å². The second-order valence-corrected chi connectivity index (χ2v) is 5.56. The number of aryl methyl sites for hydroxylation is 1. The quantitative estimate of drug-likeness (QED) is 0.531. The number of nitro groups is 1. The minimum absolute atomic E-state index is 0.0706. The molecule has 0 amide bonds. The van der Waals surface area contributed by atoms with Crippen molar-refractivity contribution in [2.75, 3.05) is 0 Å². The fraction of sp³-hybridized carbons (Fsp3) is 0.125. The zero-order valence-electron chi connectivity index (χ0n) is 11.9. The van der Waals surface area contributed by atoms with Gasteiger partial charge in [-0.1, -0.05) is 19.1 Å². The first kappa shape index (κ1) is 14.3. The Balaban J connectivity index is 2.07. The Kier molecular flexibility index (Phi) is 3.93. The van der Waals surface area contributed by atoms with Crippen LogP contribution in [0.15, 0.2) is 48.1 Å². The van der Waals surface area contributed by atoms with Crippen LogP contribution in [-0.4, -0.2) is 14.9 Å².